The molecule has 4 saturated carbocycles. The lowest BCUT2D eigenvalue weighted by Crippen LogP contribution is -2.48. The van der Waals surface area contributed by atoms with Gasteiger partial charge in [0, 0.05) is 32.1 Å². The van der Waals surface area contributed by atoms with Gasteiger partial charge in [-0.2, -0.15) is 0 Å². The van der Waals surface area contributed by atoms with Crippen molar-refractivity contribution < 1.29 is 14.0 Å². The molecule has 4 fully saturated rings. The molecule has 1 aromatic carbocycles. The predicted molar refractivity (Wildman–Crippen MR) is 106 cm³/mol. The number of halogens is 1. The van der Waals surface area contributed by atoms with Crippen LogP contribution in [0.15, 0.2) is 18.2 Å². The van der Waals surface area contributed by atoms with E-state index in [1.165, 1.54) is 50.7 Å². The number of likely N-dealkylation sites (N-methyl/N-ethyl adjacent to an activating group) is 1. The molecule has 4 nitrogen and oxygen atoms in total. The van der Waals surface area contributed by atoms with Crippen LogP contribution in [0.1, 0.15) is 60.9 Å². The minimum atomic E-state index is -0.313. The molecule has 0 heterocycles. The third-order valence-corrected chi connectivity index (χ3v) is 7.27. The van der Waals surface area contributed by atoms with E-state index >= 15 is 0 Å². The standard InChI is InChI=1S/C23H31FN2O2/c1-15-7-19(3-4-20(15)24)22(28)25-5-6-26(2)21(27)14-23-11-16-8-17(12-23)10-18(9-16)13-23/h3-4,7,16-18H,5-6,8-14H2,1-2H3,(H,25,28). The van der Waals surface area contributed by atoms with Gasteiger partial charge in [0.15, 0.2) is 0 Å². The number of aryl methyl sites for hydroxylation is 1. The van der Waals surface area contributed by atoms with Crippen LogP contribution in [0.5, 0.6) is 0 Å². The topological polar surface area (TPSA) is 49.4 Å². The second-order valence-corrected chi connectivity index (χ2v) is 9.63. The van der Waals surface area contributed by atoms with Crippen LogP contribution in [0.3, 0.4) is 0 Å². The SMILES string of the molecule is Cc1cc(C(=O)NCCN(C)C(=O)CC23CC4CC(CC(C4)C2)C3)ccc1F. The number of carbonyl (C=O) groups excluding carboxylic acids is 2. The number of carbonyl (C=O) groups is 2. The molecule has 4 bridgehead atoms. The first-order valence-electron chi connectivity index (χ1n) is 10.6. The quantitative estimate of drug-likeness (QED) is 0.805. The first-order chi connectivity index (χ1) is 13.3. The molecule has 1 N–H and O–H groups in total. The normalized spacial score (nSPS) is 30.3. The highest BCUT2D eigenvalue weighted by atomic mass is 19.1. The molecule has 0 aliphatic heterocycles. The van der Waals surface area contributed by atoms with E-state index in [1.54, 1.807) is 17.9 Å². The third-order valence-electron chi connectivity index (χ3n) is 7.27. The molecule has 28 heavy (non-hydrogen) atoms. The van der Waals surface area contributed by atoms with Gasteiger partial charge in [-0.15, -0.1) is 0 Å². The van der Waals surface area contributed by atoms with Gasteiger partial charge in [0.05, 0.1) is 0 Å². The monoisotopic (exact) mass is 386 g/mol. The van der Waals surface area contributed by atoms with Crippen molar-refractivity contribution in [2.24, 2.45) is 23.2 Å². The van der Waals surface area contributed by atoms with E-state index in [9.17, 15) is 14.0 Å². The average Bonchev–Trinajstić information content (AvgIpc) is 2.62. The van der Waals surface area contributed by atoms with Gasteiger partial charge in [0.25, 0.3) is 5.91 Å². The minimum absolute atomic E-state index is 0.203. The molecule has 4 aliphatic rings. The molecule has 5 rings (SSSR count). The van der Waals surface area contributed by atoms with E-state index in [0.717, 1.165) is 17.8 Å². The van der Waals surface area contributed by atoms with Crippen molar-refractivity contribution >= 4 is 11.8 Å². The summed E-state index contributed by atoms with van der Waals surface area (Å²) in [6, 6.07) is 4.34. The van der Waals surface area contributed by atoms with E-state index in [1.807, 2.05) is 7.05 Å². The number of nitrogens with one attached hydrogen (secondary N) is 1. The molecule has 4 aliphatic carbocycles. The van der Waals surface area contributed by atoms with Crippen LogP contribution in [0, 0.1) is 35.9 Å². The van der Waals surface area contributed by atoms with Crippen LogP contribution >= 0.6 is 0 Å². The Morgan fingerprint density at radius 2 is 1.75 bits per heavy atom. The summed E-state index contributed by atoms with van der Waals surface area (Å²) in [5, 5.41) is 2.84. The molecule has 1 aromatic rings. The van der Waals surface area contributed by atoms with Gasteiger partial charge in [0.1, 0.15) is 5.82 Å². The van der Waals surface area contributed by atoms with Crippen molar-refractivity contribution in [1.29, 1.82) is 0 Å². The maximum Gasteiger partial charge on any atom is 0.251 e. The fraction of sp³-hybridized carbons (Fsp3) is 0.652. The minimum Gasteiger partial charge on any atom is -0.350 e. The van der Waals surface area contributed by atoms with Gasteiger partial charge in [-0.25, -0.2) is 4.39 Å². The van der Waals surface area contributed by atoms with Gasteiger partial charge in [0.2, 0.25) is 5.91 Å². The van der Waals surface area contributed by atoms with Crippen LogP contribution < -0.4 is 5.32 Å². The summed E-state index contributed by atoms with van der Waals surface area (Å²) in [6.45, 7) is 2.54. The number of amides is 2. The second-order valence-electron chi connectivity index (χ2n) is 9.63. The molecule has 5 heteroatoms. The largest absolute Gasteiger partial charge is 0.350 e. The molecule has 0 aromatic heterocycles. The summed E-state index contributed by atoms with van der Waals surface area (Å²) < 4.78 is 13.3. The number of benzene rings is 1. The van der Waals surface area contributed by atoms with Crippen molar-refractivity contribution in [3.8, 4) is 0 Å². The molecular formula is C23H31FN2O2. The van der Waals surface area contributed by atoms with E-state index < -0.39 is 0 Å². The molecule has 0 unspecified atom stereocenters. The molecular weight excluding hydrogens is 355 g/mol. The highest BCUT2D eigenvalue weighted by Gasteiger charge is 2.51. The Bertz CT molecular complexity index is 741. The molecule has 152 valence electrons. The fourth-order valence-corrected chi connectivity index (χ4v) is 6.31. The van der Waals surface area contributed by atoms with Crippen molar-refractivity contribution in [3.05, 3.63) is 35.1 Å². The van der Waals surface area contributed by atoms with Crippen molar-refractivity contribution in [3.63, 3.8) is 0 Å². The molecule has 2 amide bonds. The maximum atomic E-state index is 13.3. The van der Waals surface area contributed by atoms with Crippen molar-refractivity contribution in [1.82, 2.24) is 10.2 Å². The Morgan fingerprint density at radius 1 is 1.14 bits per heavy atom. The van der Waals surface area contributed by atoms with Crippen LogP contribution in [0.2, 0.25) is 0 Å². The van der Waals surface area contributed by atoms with Gasteiger partial charge in [-0.05, 0) is 92.4 Å². The first kappa shape index (κ1) is 19.4. The smallest absolute Gasteiger partial charge is 0.251 e. The Morgan fingerprint density at radius 3 is 2.32 bits per heavy atom. The lowest BCUT2D eigenvalue weighted by Gasteiger charge is -2.56. The lowest BCUT2D eigenvalue weighted by atomic mass is 9.49. The predicted octanol–water partition coefficient (Wildman–Crippen LogP) is 3.93. The van der Waals surface area contributed by atoms with Crippen LogP contribution in [0.4, 0.5) is 4.39 Å². The second kappa shape index (κ2) is 7.49. The van der Waals surface area contributed by atoms with Crippen LogP contribution in [-0.4, -0.2) is 36.9 Å². The van der Waals surface area contributed by atoms with Crippen LogP contribution in [0.25, 0.3) is 0 Å². The van der Waals surface area contributed by atoms with Gasteiger partial charge < -0.3 is 10.2 Å². The maximum absolute atomic E-state index is 13.3. The third kappa shape index (κ3) is 3.94. The number of nitrogens with zero attached hydrogens (tertiary/aromatic N) is 1. The molecule has 0 atom stereocenters. The highest BCUT2D eigenvalue weighted by Crippen LogP contribution is 2.61. The van der Waals surface area contributed by atoms with Crippen LogP contribution in [-0.2, 0) is 4.79 Å². The van der Waals surface area contributed by atoms with Crippen molar-refractivity contribution in [2.75, 3.05) is 20.1 Å². The Hall–Kier alpha value is -1.91. The highest BCUT2D eigenvalue weighted by molar-refractivity contribution is 5.94. The van der Waals surface area contributed by atoms with Crippen molar-refractivity contribution in [2.45, 2.75) is 51.9 Å². The van der Waals surface area contributed by atoms with Gasteiger partial charge in [-0.1, -0.05) is 0 Å². The summed E-state index contributed by atoms with van der Waals surface area (Å²) in [5.41, 5.74) is 1.14. The fourth-order valence-electron chi connectivity index (χ4n) is 6.31. The Labute approximate surface area is 166 Å². The average molecular weight is 387 g/mol. The zero-order valence-corrected chi connectivity index (χ0v) is 17.0. The zero-order valence-electron chi connectivity index (χ0n) is 17.0. The Kier molecular flexibility index (Phi) is 5.19. The summed E-state index contributed by atoms with van der Waals surface area (Å²) >= 11 is 0. The van der Waals surface area contributed by atoms with E-state index in [2.05, 4.69) is 5.32 Å². The van der Waals surface area contributed by atoms with Gasteiger partial charge >= 0.3 is 0 Å². The number of hydrogen-bond donors (Lipinski definition) is 1. The summed E-state index contributed by atoms with van der Waals surface area (Å²) in [4.78, 5) is 26.8. The zero-order chi connectivity index (χ0) is 19.9. The Balaban J connectivity index is 1.26. The molecule has 0 saturated heterocycles. The van der Waals surface area contributed by atoms with E-state index in [4.69, 9.17) is 0 Å². The number of rotatable bonds is 6. The van der Waals surface area contributed by atoms with E-state index in [0.29, 0.717) is 30.6 Å². The first-order valence-corrected chi connectivity index (χ1v) is 10.6. The summed E-state index contributed by atoms with van der Waals surface area (Å²) in [5.74, 6) is 2.21. The number of hydrogen-bond acceptors (Lipinski definition) is 2. The molecule has 0 spiro atoms. The summed E-state index contributed by atoms with van der Waals surface area (Å²) in [6.07, 6.45) is 8.53. The van der Waals surface area contributed by atoms with E-state index in [-0.39, 0.29) is 23.0 Å². The molecule has 0 radical (unpaired) electrons. The summed E-state index contributed by atoms with van der Waals surface area (Å²) in [7, 11) is 1.83. The van der Waals surface area contributed by atoms with Gasteiger partial charge in [-0.3, -0.25) is 9.59 Å². The lowest BCUT2D eigenvalue weighted by molar-refractivity contribution is -0.138.